The molecule has 0 saturated carbocycles. The average Bonchev–Trinajstić information content (AvgIpc) is 2.66. The summed E-state index contributed by atoms with van der Waals surface area (Å²) in [5.41, 5.74) is 1.62. The molecule has 0 spiro atoms. The van der Waals surface area contributed by atoms with Crippen molar-refractivity contribution in [3.8, 4) is 0 Å². The first-order valence-electron chi connectivity index (χ1n) is 6.87. The monoisotopic (exact) mass is 279 g/mol. The molecule has 6 nitrogen and oxygen atoms in total. The van der Waals surface area contributed by atoms with Gasteiger partial charge in [-0.25, -0.2) is 0 Å². The first kappa shape index (κ1) is 14.6. The largest absolute Gasteiger partial charge is 0.481 e. The number of rotatable bonds is 3. The van der Waals surface area contributed by atoms with Crippen molar-refractivity contribution in [2.24, 2.45) is 13.0 Å². The molecule has 1 aliphatic heterocycles. The van der Waals surface area contributed by atoms with Crippen LogP contribution in [0.5, 0.6) is 0 Å². The Bertz CT molecular complexity index is 536. The molecule has 2 atom stereocenters. The van der Waals surface area contributed by atoms with Gasteiger partial charge < -0.3 is 10.0 Å². The number of carbonyl (C=O) groups is 2. The summed E-state index contributed by atoms with van der Waals surface area (Å²) in [5.74, 6) is -1.40. The minimum absolute atomic E-state index is 0.0192. The number of likely N-dealkylation sites (tertiary alicyclic amines) is 1. The Labute approximate surface area is 118 Å². The van der Waals surface area contributed by atoms with Crippen LogP contribution in [-0.2, 0) is 16.6 Å². The van der Waals surface area contributed by atoms with Crippen LogP contribution >= 0.6 is 0 Å². The molecular weight excluding hydrogens is 258 g/mol. The maximum absolute atomic E-state index is 12.2. The van der Waals surface area contributed by atoms with Gasteiger partial charge in [-0.15, -0.1) is 0 Å². The molecule has 1 N–H and O–H groups in total. The molecule has 0 bridgehead atoms. The number of carboxylic acid groups (broad SMARTS) is 1. The van der Waals surface area contributed by atoms with Crippen molar-refractivity contribution in [2.45, 2.75) is 45.7 Å². The van der Waals surface area contributed by atoms with Gasteiger partial charge in [0.15, 0.2) is 0 Å². The zero-order valence-corrected chi connectivity index (χ0v) is 12.3. The number of amides is 1. The zero-order chi connectivity index (χ0) is 15.0. The summed E-state index contributed by atoms with van der Waals surface area (Å²) >= 11 is 0. The highest BCUT2D eigenvalue weighted by Gasteiger charge is 2.42. The fraction of sp³-hybridized carbons (Fsp3) is 0.643. The summed E-state index contributed by atoms with van der Waals surface area (Å²) in [6.45, 7) is 5.69. The first-order valence-corrected chi connectivity index (χ1v) is 6.87. The number of hydrogen-bond donors (Lipinski definition) is 1. The summed E-state index contributed by atoms with van der Waals surface area (Å²) in [4.78, 5) is 25.5. The number of aryl methyl sites for hydroxylation is 2. The van der Waals surface area contributed by atoms with E-state index in [0.717, 1.165) is 11.3 Å². The van der Waals surface area contributed by atoms with Crippen LogP contribution in [0.4, 0.5) is 0 Å². The van der Waals surface area contributed by atoms with Crippen LogP contribution in [0.2, 0.25) is 0 Å². The van der Waals surface area contributed by atoms with E-state index < -0.39 is 17.9 Å². The van der Waals surface area contributed by atoms with Gasteiger partial charge in [-0.1, -0.05) is 0 Å². The molecule has 20 heavy (non-hydrogen) atoms. The van der Waals surface area contributed by atoms with Gasteiger partial charge in [0.1, 0.15) is 0 Å². The second-order valence-corrected chi connectivity index (χ2v) is 5.67. The second kappa shape index (κ2) is 5.26. The summed E-state index contributed by atoms with van der Waals surface area (Å²) < 4.78 is 1.67. The molecule has 1 fully saturated rings. The van der Waals surface area contributed by atoms with Crippen molar-refractivity contribution in [3.05, 3.63) is 17.5 Å². The average molecular weight is 279 g/mol. The minimum Gasteiger partial charge on any atom is -0.481 e. The van der Waals surface area contributed by atoms with E-state index in [2.05, 4.69) is 5.10 Å². The number of aromatic nitrogens is 2. The van der Waals surface area contributed by atoms with Gasteiger partial charge in [0.05, 0.1) is 17.7 Å². The van der Waals surface area contributed by atoms with Gasteiger partial charge >= 0.3 is 5.97 Å². The fourth-order valence-electron chi connectivity index (χ4n) is 3.06. The van der Waals surface area contributed by atoms with Crippen LogP contribution in [0.3, 0.4) is 0 Å². The van der Waals surface area contributed by atoms with Crippen LogP contribution in [0.15, 0.2) is 6.20 Å². The van der Waals surface area contributed by atoms with Crippen molar-refractivity contribution in [2.75, 3.05) is 0 Å². The number of hydrogen-bond acceptors (Lipinski definition) is 3. The van der Waals surface area contributed by atoms with Gasteiger partial charge in [0, 0.05) is 31.3 Å². The van der Waals surface area contributed by atoms with Crippen molar-refractivity contribution < 1.29 is 14.7 Å². The number of nitrogens with zero attached hydrogens (tertiary/aromatic N) is 3. The fourth-order valence-corrected chi connectivity index (χ4v) is 3.06. The molecule has 2 unspecified atom stereocenters. The van der Waals surface area contributed by atoms with Gasteiger partial charge in [0.2, 0.25) is 5.91 Å². The topological polar surface area (TPSA) is 75.4 Å². The van der Waals surface area contributed by atoms with Crippen LogP contribution < -0.4 is 0 Å². The molecule has 1 aromatic rings. The molecule has 6 heteroatoms. The molecular formula is C14H21N3O3. The third kappa shape index (κ3) is 2.42. The van der Waals surface area contributed by atoms with Crippen molar-refractivity contribution in [1.29, 1.82) is 0 Å². The Morgan fingerprint density at radius 2 is 2.15 bits per heavy atom. The van der Waals surface area contributed by atoms with E-state index in [1.807, 2.05) is 27.0 Å². The maximum Gasteiger partial charge on any atom is 0.308 e. The molecule has 1 aromatic heterocycles. The third-order valence-corrected chi connectivity index (χ3v) is 3.88. The van der Waals surface area contributed by atoms with E-state index in [4.69, 9.17) is 0 Å². The zero-order valence-electron chi connectivity index (χ0n) is 12.3. The Morgan fingerprint density at radius 3 is 2.60 bits per heavy atom. The SMILES string of the molecule is Cc1nn(C)cc1C1C(C(=O)O)CCC(=O)N1C(C)C. The van der Waals surface area contributed by atoms with Gasteiger partial charge in [-0.05, 0) is 27.2 Å². The molecule has 0 radical (unpaired) electrons. The normalized spacial score (nSPS) is 23.4. The lowest BCUT2D eigenvalue weighted by Gasteiger charge is -2.42. The lowest BCUT2D eigenvalue weighted by atomic mass is 9.83. The smallest absolute Gasteiger partial charge is 0.308 e. The molecule has 0 aliphatic carbocycles. The molecule has 0 aromatic carbocycles. The van der Waals surface area contributed by atoms with E-state index in [-0.39, 0.29) is 11.9 Å². The van der Waals surface area contributed by atoms with Crippen LogP contribution in [-0.4, -0.2) is 37.7 Å². The van der Waals surface area contributed by atoms with Crippen LogP contribution in [0.1, 0.15) is 44.0 Å². The lowest BCUT2D eigenvalue weighted by molar-refractivity contribution is -0.153. The second-order valence-electron chi connectivity index (χ2n) is 5.67. The summed E-state index contributed by atoms with van der Waals surface area (Å²) in [7, 11) is 1.80. The van der Waals surface area contributed by atoms with Gasteiger partial charge in [-0.3, -0.25) is 14.3 Å². The highest BCUT2D eigenvalue weighted by atomic mass is 16.4. The van der Waals surface area contributed by atoms with Crippen molar-refractivity contribution >= 4 is 11.9 Å². The third-order valence-electron chi connectivity index (χ3n) is 3.88. The summed E-state index contributed by atoms with van der Waals surface area (Å²) in [5, 5.41) is 13.8. The Balaban J connectivity index is 2.51. The van der Waals surface area contributed by atoms with Gasteiger partial charge in [-0.2, -0.15) is 5.10 Å². The standard InChI is InChI=1S/C14H21N3O3/c1-8(2)17-12(18)6-5-10(14(19)20)13(17)11-7-16(4)15-9(11)3/h7-8,10,13H,5-6H2,1-4H3,(H,19,20). The molecule has 110 valence electrons. The van der Waals surface area contributed by atoms with E-state index in [1.165, 1.54) is 0 Å². The van der Waals surface area contributed by atoms with Crippen molar-refractivity contribution in [3.63, 3.8) is 0 Å². The first-order chi connectivity index (χ1) is 9.32. The lowest BCUT2D eigenvalue weighted by Crippen LogP contribution is -2.48. The van der Waals surface area contributed by atoms with Crippen LogP contribution in [0, 0.1) is 12.8 Å². The molecule has 1 aliphatic rings. The van der Waals surface area contributed by atoms with Gasteiger partial charge in [0.25, 0.3) is 0 Å². The van der Waals surface area contributed by atoms with E-state index in [1.54, 1.807) is 16.6 Å². The highest BCUT2D eigenvalue weighted by Crippen LogP contribution is 2.39. The summed E-state index contributed by atoms with van der Waals surface area (Å²) in [6, 6.07) is -0.461. The Hall–Kier alpha value is -1.85. The molecule has 1 amide bonds. The predicted octanol–water partition coefficient (Wildman–Crippen LogP) is 1.50. The molecule has 2 heterocycles. The number of piperidine rings is 1. The quantitative estimate of drug-likeness (QED) is 0.909. The Kier molecular flexibility index (Phi) is 3.83. The van der Waals surface area contributed by atoms with Crippen molar-refractivity contribution in [1.82, 2.24) is 14.7 Å². The van der Waals surface area contributed by atoms with E-state index in [9.17, 15) is 14.7 Å². The Morgan fingerprint density at radius 1 is 1.50 bits per heavy atom. The molecule has 2 rings (SSSR count). The number of aliphatic carboxylic acids is 1. The predicted molar refractivity (Wildman–Crippen MR) is 73.0 cm³/mol. The van der Waals surface area contributed by atoms with E-state index in [0.29, 0.717) is 12.8 Å². The number of carbonyl (C=O) groups excluding carboxylic acids is 1. The van der Waals surface area contributed by atoms with Crippen LogP contribution in [0.25, 0.3) is 0 Å². The maximum atomic E-state index is 12.2. The minimum atomic E-state index is -0.851. The van der Waals surface area contributed by atoms with E-state index >= 15 is 0 Å². The highest BCUT2D eigenvalue weighted by molar-refractivity contribution is 5.82. The molecule has 1 saturated heterocycles. The summed E-state index contributed by atoms with van der Waals surface area (Å²) in [6.07, 6.45) is 2.51. The number of carboxylic acids is 1.